The number of benzene rings is 2. The molecule has 1 N–H and O–H groups in total. The fourth-order valence-electron chi connectivity index (χ4n) is 2.76. The second-order valence-corrected chi connectivity index (χ2v) is 12.1. The molecule has 0 saturated carbocycles. The number of halogens is 4. The second kappa shape index (κ2) is 9.30. The third-order valence-electron chi connectivity index (χ3n) is 4.61. The number of hydrogen-bond donors (Lipinski definition) is 1. The molecule has 0 bridgehead atoms. The Kier molecular flexibility index (Phi) is 7.31. The lowest BCUT2D eigenvalue weighted by molar-refractivity contribution is 0.543. The van der Waals surface area contributed by atoms with Crippen LogP contribution in [-0.4, -0.2) is 22.9 Å². The molecule has 1 aromatic heterocycles. The number of sulfonamides is 1. The van der Waals surface area contributed by atoms with Crippen molar-refractivity contribution < 1.29 is 8.42 Å². The minimum Gasteiger partial charge on any atom is -0.260 e. The highest BCUT2D eigenvalue weighted by atomic mass is 35.5. The van der Waals surface area contributed by atoms with E-state index in [0.717, 1.165) is 16.8 Å². The van der Waals surface area contributed by atoms with Gasteiger partial charge in [0.05, 0.1) is 49.3 Å². The zero-order valence-electron chi connectivity index (χ0n) is 17.1. The van der Waals surface area contributed by atoms with Crippen LogP contribution < -0.4 is 4.72 Å². The summed E-state index contributed by atoms with van der Waals surface area (Å²) in [6, 6.07) is 12.5. The van der Waals surface area contributed by atoms with Gasteiger partial charge in [0, 0.05) is 5.56 Å². The van der Waals surface area contributed by atoms with Gasteiger partial charge in [0.15, 0.2) is 0 Å². The minimum atomic E-state index is -3.52. The van der Waals surface area contributed by atoms with Gasteiger partial charge in [0.1, 0.15) is 0 Å². The van der Waals surface area contributed by atoms with Crippen molar-refractivity contribution in [1.29, 1.82) is 0 Å². The first-order valence-corrected chi connectivity index (χ1v) is 12.3. The first-order chi connectivity index (χ1) is 14.4. The summed E-state index contributed by atoms with van der Waals surface area (Å²) in [4.78, 5) is 0. The van der Waals surface area contributed by atoms with Crippen LogP contribution in [0.2, 0.25) is 20.1 Å². The molecule has 0 aliphatic rings. The average molecular weight is 521 g/mol. The van der Waals surface area contributed by atoms with Crippen LogP contribution >= 0.6 is 46.4 Å². The highest BCUT2D eigenvalue weighted by Gasteiger charge is 2.28. The van der Waals surface area contributed by atoms with E-state index in [9.17, 15) is 8.42 Å². The van der Waals surface area contributed by atoms with Crippen molar-refractivity contribution in [1.82, 2.24) is 14.5 Å². The molecule has 0 spiro atoms. The molecule has 0 saturated heterocycles. The second-order valence-electron chi connectivity index (χ2n) is 7.99. The maximum absolute atomic E-state index is 12.4. The van der Waals surface area contributed by atoms with Crippen molar-refractivity contribution in [2.24, 2.45) is 0 Å². The van der Waals surface area contributed by atoms with Crippen LogP contribution in [0.25, 0.3) is 11.3 Å². The van der Waals surface area contributed by atoms with Crippen LogP contribution in [0.15, 0.2) is 42.5 Å². The van der Waals surface area contributed by atoms with Crippen LogP contribution in [0.3, 0.4) is 0 Å². The summed E-state index contributed by atoms with van der Waals surface area (Å²) >= 11 is 24.4. The highest BCUT2D eigenvalue weighted by molar-refractivity contribution is 7.90. The molecule has 166 valence electrons. The molecular formula is C21H21Cl4N3O2S. The Morgan fingerprint density at radius 3 is 2.10 bits per heavy atom. The Morgan fingerprint density at radius 2 is 1.52 bits per heavy atom. The molecule has 0 amide bonds. The van der Waals surface area contributed by atoms with Crippen molar-refractivity contribution in [3.05, 3.63) is 73.8 Å². The van der Waals surface area contributed by atoms with Gasteiger partial charge in [0.25, 0.3) is 0 Å². The van der Waals surface area contributed by atoms with E-state index < -0.39 is 14.8 Å². The largest absolute Gasteiger partial charge is 0.260 e. The number of nitrogens with zero attached hydrogens (tertiary/aromatic N) is 2. The topological polar surface area (TPSA) is 64.0 Å². The fraction of sp³-hybridized carbons (Fsp3) is 0.286. The zero-order chi connectivity index (χ0) is 23.0. The summed E-state index contributed by atoms with van der Waals surface area (Å²) in [6.45, 7) is 5.37. The summed E-state index contributed by atoms with van der Waals surface area (Å²) < 4.78 is 28.3. The van der Waals surface area contributed by atoms with Crippen molar-refractivity contribution >= 4 is 56.4 Å². The normalized spacial score (nSPS) is 12.4. The summed E-state index contributed by atoms with van der Waals surface area (Å²) in [5.74, 6) is 0. The predicted molar refractivity (Wildman–Crippen MR) is 129 cm³/mol. The van der Waals surface area contributed by atoms with Gasteiger partial charge >= 0.3 is 0 Å². The number of hydrogen-bond acceptors (Lipinski definition) is 3. The summed E-state index contributed by atoms with van der Waals surface area (Å²) in [7, 11) is -3.52. The van der Waals surface area contributed by atoms with Gasteiger partial charge in [-0.1, -0.05) is 58.5 Å². The highest BCUT2D eigenvalue weighted by Crippen LogP contribution is 2.30. The lowest BCUT2D eigenvalue weighted by atomic mass is 10.1. The summed E-state index contributed by atoms with van der Waals surface area (Å²) in [5.41, 5.74) is 3.01. The van der Waals surface area contributed by atoms with E-state index >= 15 is 0 Å². The molecule has 0 fully saturated rings. The summed E-state index contributed by atoms with van der Waals surface area (Å²) in [6.07, 6.45) is 0. The molecule has 2 aromatic carbocycles. The van der Waals surface area contributed by atoms with Crippen LogP contribution in [0.4, 0.5) is 0 Å². The van der Waals surface area contributed by atoms with Gasteiger partial charge in [-0.2, -0.15) is 5.10 Å². The van der Waals surface area contributed by atoms with Crippen LogP contribution in [0.1, 0.15) is 32.0 Å². The molecule has 0 atom stereocenters. The van der Waals surface area contributed by atoms with Gasteiger partial charge in [-0.15, -0.1) is 0 Å². The lowest BCUT2D eigenvalue weighted by Crippen LogP contribution is -2.39. The van der Waals surface area contributed by atoms with E-state index in [0.29, 0.717) is 32.3 Å². The van der Waals surface area contributed by atoms with Crippen LogP contribution in [0, 0.1) is 0 Å². The van der Waals surface area contributed by atoms with E-state index in [4.69, 9.17) is 46.4 Å². The molecule has 3 aromatic rings. The van der Waals surface area contributed by atoms with Crippen LogP contribution in [0.5, 0.6) is 0 Å². The van der Waals surface area contributed by atoms with Gasteiger partial charge < -0.3 is 0 Å². The van der Waals surface area contributed by atoms with Gasteiger partial charge in [-0.3, -0.25) is 4.68 Å². The molecule has 0 radical (unpaired) electrons. The van der Waals surface area contributed by atoms with Crippen molar-refractivity contribution in [3.8, 4) is 11.3 Å². The Bertz CT molecular complexity index is 1220. The number of nitrogens with one attached hydrogen (secondary N) is 1. The zero-order valence-corrected chi connectivity index (χ0v) is 20.9. The maximum atomic E-state index is 12.4. The molecular weight excluding hydrogens is 500 g/mol. The maximum Gasteiger partial charge on any atom is 0.216 e. The van der Waals surface area contributed by atoms with E-state index in [2.05, 4.69) is 9.82 Å². The SMILES string of the molecule is CC(C)(C)S(=O)(=O)NCc1cc(-c2ccc(Cl)c(Cl)c2)n(Cc2ccc(Cl)c(Cl)c2)n1. The molecule has 3 rings (SSSR count). The molecule has 1 heterocycles. The molecule has 10 heteroatoms. The van der Waals surface area contributed by atoms with E-state index in [-0.39, 0.29) is 6.54 Å². The predicted octanol–water partition coefficient (Wildman–Crippen LogP) is 6.43. The molecule has 31 heavy (non-hydrogen) atoms. The molecule has 0 unspecified atom stereocenters. The third kappa shape index (κ3) is 5.75. The van der Waals surface area contributed by atoms with Crippen molar-refractivity contribution in [2.45, 2.75) is 38.6 Å². The Balaban J connectivity index is 1.98. The monoisotopic (exact) mass is 519 g/mol. The standard InChI is InChI=1S/C21H21Cl4N3O2S/c1-21(2,3)31(29,30)26-11-15-10-20(14-5-7-17(23)19(25)9-14)28(27-15)12-13-4-6-16(22)18(24)8-13/h4-10,26H,11-12H2,1-3H3. The quantitative estimate of drug-likeness (QED) is 0.407. The summed E-state index contributed by atoms with van der Waals surface area (Å²) in [5, 5.41) is 6.38. The Morgan fingerprint density at radius 1 is 0.903 bits per heavy atom. The van der Waals surface area contributed by atoms with Gasteiger partial charge in [-0.25, -0.2) is 13.1 Å². The van der Waals surface area contributed by atoms with Gasteiger partial charge in [0.2, 0.25) is 10.0 Å². The van der Waals surface area contributed by atoms with E-state index in [1.54, 1.807) is 49.7 Å². The minimum absolute atomic E-state index is 0.0578. The Labute approximate surface area is 202 Å². The number of rotatable bonds is 6. The van der Waals surface area contributed by atoms with Crippen LogP contribution in [-0.2, 0) is 23.1 Å². The average Bonchev–Trinajstić information content (AvgIpc) is 3.07. The van der Waals surface area contributed by atoms with Crippen molar-refractivity contribution in [3.63, 3.8) is 0 Å². The fourth-order valence-corrected chi connectivity index (χ4v) is 4.15. The van der Waals surface area contributed by atoms with Gasteiger partial charge in [-0.05, 0) is 56.7 Å². The van der Waals surface area contributed by atoms with E-state index in [1.165, 1.54) is 0 Å². The number of aromatic nitrogens is 2. The molecule has 0 aliphatic heterocycles. The molecule has 5 nitrogen and oxygen atoms in total. The van der Waals surface area contributed by atoms with Crippen molar-refractivity contribution in [2.75, 3.05) is 0 Å². The third-order valence-corrected chi connectivity index (χ3v) is 8.23. The Hall–Kier alpha value is -1.28. The first kappa shape index (κ1) is 24.4. The van der Waals surface area contributed by atoms with E-state index in [1.807, 2.05) is 18.2 Å². The first-order valence-electron chi connectivity index (χ1n) is 9.33. The smallest absolute Gasteiger partial charge is 0.216 e. The lowest BCUT2D eigenvalue weighted by Gasteiger charge is -2.19. The molecule has 0 aliphatic carbocycles.